The molecule has 0 radical (unpaired) electrons. The number of methoxy groups -OCH3 is 1. The smallest absolute Gasteiger partial charge is 0.338 e. The van der Waals surface area contributed by atoms with Crippen molar-refractivity contribution in [3.63, 3.8) is 0 Å². The van der Waals surface area contributed by atoms with Crippen LogP contribution in [-0.4, -0.2) is 31.4 Å². The van der Waals surface area contributed by atoms with Crippen molar-refractivity contribution in [2.45, 2.75) is 52.5 Å². The van der Waals surface area contributed by atoms with Gasteiger partial charge in [0.2, 0.25) is 0 Å². The summed E-state index contributed by atoms with van der Waals surface area (Å²) in [6.07, 6.45) is 2.88. The van der Waals surface area contributed by atoms with Crippen LogP contribution in [0.25, 0.3) is 0 Å². The number of carbonyl (C=O) groups is 1. The van der Waals surface area contributed by atoms with Crippen LogP contribution in [0.1, 0.15) is 67.1 Å². The van der Waals surface area contributed by atoms with E-state index in [4.69, 9.17) is 16.3 Å². The topological polar surface area (TPSA) is 41.9 Å². The zero-order valence-electron chi connectivity index (χ0n) is 18.0. The van der Waals surface area contributed by atoms with Crippen molar-refractivity contribution < 1.29 is 9.53 Å². The molecule has 2 aromatic carbocycles. The third kappa shape index (κ3) is 4.04. The van der Waals surface area contributed by atoms with Crippen molar-refractivity contribution in [1.29, 1.82) is 0 Å². The summed E-state index contributed by atoms with van der Waals surface area (Å²) in [5.41, 5.74) is 5.54. The van der Waals surface area contributed by atoms with Gasteiger partial charge in [0, 0.05) is 29.5 Å². The number of benzene rings is 2. The van der Waals surface area contributed by atoms with Crippen LogP contribution >= 0.6 is 11.6 Å². The van der Waals surface area contributed by atoms with Crippen molar-refractivity contribution >= 4 is 35.2 Å². The molecule has 4 nitrogen and oxygen atoms in total. The molecule has 2 aromatic rings. The van der Waals surface area contributed by atoms with E-state index in [9.17, 15) is 4.79 Å². The molecular formula is C24H29ClN2O2. The molecular weight excluding hydrogens is 384 g/mol. The molecule has 0 N–H and O–H groups in total. The van der Waals surface area contributed by atoms with E-state index in [2.05, 4.69) is 49.7 Å². The second-order valence-corrected chi connectivity index (χ2v) is 8.70. The van der Waals surface area contributed by atoms with Crippen LogP contribution in [0.5, 0.6) is 0 Å². The molecule has 0 bridgehead atoms. The largest absolute Gasteiger partial charge is 0.465 e. The zero-order valence-corrected chi connectivity index (χ0v) is 18.8. The quantitative estimate of drug-likeness (QED) is 0.437. The number of nitrogens with zero attached hydrogens (tertiary/aromatic N) is 2. The number of fused-ring (bicyclic) bond motifs is 1. The minimum absolute atomic E-state index is 0.103. The van der Waals surface area contributed by atoms with Gasteiger partial charge in [-0.2, -0.15) is 0 Å². The van der Waals surface area contributed by atoms with Gasteiger partial charge >= 0.3 is 5.97 Å². The molecule has 154 valence electrons. The number of hydrogen-bond donors (Lipinski definition) is 0. The van der Waals surface area contributed by atoms with Gasteiger partial charge in [0.05, 0.1) is 23.4 Å². The summed E-state index contributed by atoms with van der Waals surface area (Å²) in [4.78, 5) is 19.0. The van der Waals surface area contributed by atoms with Crippen molar-refractivity contribution in [1.82, 2.24) is 0 Å². The molecule has 1 unspecified atom stereocenters. The molecule has 1 aliphatic rings. The van der Waals surface area contributed by atoms with Crippen molar-refractivity contribution in [3.8, 4) is 0 Å². The van der Waals surface area contributed by atoms with Crippen LogP contribution in [-0.2, 0) is 4.74 Å². The van der Waals surface area contributed by atoms with Crippen LogP contribution in [0.3, 0.4) is 0 Å². The Morgan fingerprint density at radius 1 is 1.38 bits per heavy atom. The molecule has 0 saturated heterocycles. The number of carbonyl (C=O) groups excluding carboxylic acids is 1. The van der Waals surface area contributed by atoms with Gasteiger partial charge in [-0.1, -0.05) is 24.6 Å². The molecule has 0 aromatic heterocycles. The minimum Gasteiger partial charge on any atom is -0.465 e. The second-order valence-electron chi connectivity index (χ2n) is 8.29. The maximum Gasteiger partial charge on any atom is 0.338 e. The highest BCUT2D eigenvalue weighted by Crippen LogP contribution is 2.44. The first kappa shape index (κ1) is 21.4. The Morgan fingerprint density at radius 2 is 2.10 bits per heavy atom. The first-order valence-corrected chi connectivity index (χ1v) is 10.4. The fraction of sp³-hybridized carbons (Fsp3) is 0.417. The van der Waals surface area contributed by atoms with E-state index in [-0.39, 0.29) is 11.5 Å². The molecule has 0 amide bonds. The summed E-state index contributed by atoms with van der Waals surface area (Å²) in [6.45, 7) is 11.8. The lowest BCUT2D eigenvalue weighted by Gasteiger charge is -2.47. The first-order chi connectivity index (χ1) is 13.7. The lowest BCUT2D eigenvalue weighted by Crippen LogP contribution is -2.48. The SMILES string of the molecule is CCN1c2cc(Cl)c(C=Nc3cccc(C(=O)OC)c3C)cc2C(C)CC1(C)C. The zero-order chi connectivity index (χ0) is 21.3. The van der Waals surface area contributed by atoms with E-state index < -0.39 is 0 Å². The van der Waals surface area contributed by atoms with Crippen LogP contribution in [0.15, 0.2) is 35.3 Å². The van der Waals surface area contributed by atoms with E-state index in [1.807, 2.05) is 19.1 Å². The Morgan fingerprint density at radius 3 is 2.76 bits per heavy atom. The summed E-state index contributed by atoms with van der Waals surface area (Å²) >= 11 is 6.64. The van der Waals surface area contributed by atoms with Crippen LogP contribution < -0.4 is 4.90 Å². The standard InChI is InChI=1S/C24H29ClN2O2/c1-7-27-22-12-20(25)17(11-19(22)15(2)13-24(27,4)5)14-26-21-10-8-9-18(16(21)3)23(28)29-6/h8-12,14-15H,7,13H2,1-6H3. The van der Waals surface area contributed by atoms with E-state index in [0.717, 1.165) is 29.8 Å². The van der Waals surface area contributed by atoms with Crippen molar-refractivity contribution in [2.24, 2.45) is 4.99 Å². The second kappa shape index (κ2) is 8.19. The fourth-order valence-electron chi connectivity index (χ4n) is 4.45. The van der Waals surface area contributed by atoms with Crippen LogP contribution in [0, 0.1) is 6.92 Å². The predicted molar refractivity (Wildman–Crippen MR) is 121 cm³/mol. The molecule has 1 aliphatic heterocycles. The number of aliphatic imine (C=N–C) groups is 1. The van der Waals surface area contributed by atoms with E-state index in [1.165, 1.54) is 18.4 Å². The van der Waals surface area contributed by atoms with Crippen molar-refractivity contribution in [3.05, 3.63) is 57.6 Å². The number of anilines is 1. The van der Waals surface area contributed by atoms with Gasteiger partial charge in [0.15, 0.2) is 0 Å². The molecule has 0 aliphatic carbocycles. The van der Waals surface area contributed by atoms with E-state index in [1.54, 1.807) is 12.3 Å². The molecule has 3 rings (SSSR count). The number of ether oxygens (including phenoxy) is 1. The number of esters is 1. The summed E-state index contributed by atoms with van der Waals surface area (Å²) in [5, 5.41) is 0.678. The maximum absolute atomic E-state index is 11.9. The lowest BCUT2D eigenvalue weighted by atomic mass is 9.79. The monoisotopic (exact) mass is 412 g/mol. The van der Waals surface area contributed by atoms with E-state index >= 15 is 0 Å². The van der Waals surface area contributed by atoms with Gasteiger partial charge in [-0.25, -0.2) is 4.79 Å². The molecule has 0 spiro atoms. The molecule has 1 heterocycles. The lowest BCUT2D eigenvalue weighted by molar-refractivity contribution is 0.0600. The Kier molecular flexibility index (Phi) is 6.04. The van der Waals surface area contributed by atoms with Gasteiger partial charge in [0.1, 0.15) is 0 Å². The highest BCUT2D eigenvalue weighted by molar-refractivity contribution is 6.33. The predicted octanol–water partition coefficient (Wildman–Crippen LogP) is 6.30. The van der Waals surface area contributed by atoms with Gasteiger partial charge in [-0.15, -0.1) is 0 Å². The van der Waals surface area contributed by atoms with Gasteiger partial charge in [0.25, 0.3) is 0 Å². The third-order valence-corrected chi connectivity index (χ3v) is 6.20. The maximum atomic E-state index is 11.9. The normalized spacial score (nSPS) is 18.0. The number of rotatable bonds is 4. The molecule has 0 saturated carbocycles. The molecule has 5 heteroatoms. The van der Waals surface area contributed by atoms with Crippen molar-refractivity contribution in [2.75, 3.05) is 18.6 Å². The van der Waals surface area contributed by atoms with E-state index in [0.29, 0.717) is 16.5 Å². The average molecular weight is 413 g/mol. The summed E-state index contributed by atoms with van der Waals surface area (Å²) in [5.74, 6) is 0.0825. The van der Waals surface area contributed by atoms with Gasteiger partial charge in [-0.3, -0.25) is 4.99 Å². The minimum atomic E-state index is -0.359. The Hall–Kier alpha value is -2.33. The fourth-order valence-corrected chi connectivity index (χ4v) is 4.66. The Balaban J connectivity index is 2.00. The summed E-state index contributed by atoms with van der Waals surface area (Å²) in [6, 6.07) is 9.66. The highest BCUT2D eigenvalue weighted by Gasteiger charge is 2.35. The number of halogens is 1. The average Bonchev–Trinajstić information content (AvgIpc) is 2.66. The van der Waals surface area contributed by atoms with Crippen LogP contribution in [0.2, 0.25) is 5.02 Å². The third-order valence-electron chi connectivity index (χ3n) is 5.87. The molecule has 29 heavy (non-hydrogen) atoms. The summed E-state index contributed by atoms with van der Waals surface area (Å²) < 4.78 is 4.85. The van der Waals surface area contributed by atoms with Gasteiger partial charge in [-0.05, 0) is 75.4 Å². The van der Waals surface area contributed by atoms with Crippen LogP contribution in [0.4, 0.5) is 11.4 Å². The first-order valence-electron chi connectivity index (χ1n) is 10.0. The summed E-state index contributed by atoms with van der Waals surface area (Å²) in [7, 11) is 1.38. The van der Waals surface area contributed by atoms with Gasteiger partial charge < -0.3 is 9.64 Å². The molecule has 0 fully saturated rings. The molecule has 1 atom stereocenters. The number of hydrogen-bond acceptors (Lipinski definition) is 4. The highest BCUT2D eigenvalue weighted by atomic mass is 35.5. The Bertz CT molecular complexity index is 966. The Labute approximate surface area is 178 Å².